The summed E-state index contributed by atoms with van der Waals surface area (Å²) < 4.78 is 6.14. The van der Waals surface area contributed by atoms with Gasteiger partial charge in [0.2, 0.25) is 5.91 Å². The number of aliphatic imine (C=N–C) groups is 1. The Morgan fingerprint density at radius 2 is 1.82 bits per heavy atom. The highest BCUT2D eigenvalue weighted by molar-refractivity contribution is 5.80. The third-order valence-electron chi connectivity index (χ3n) is 6.66. The Morgan fingerprint density at radius 3 is 2.52 bits per heavy atom. The average Bonchev–Trinajstić information content (AvgIpc) is 3.29. The van der Waals surface area contributed by atoms with E-state index in [1.807, 2.05) is 17.0 Å². The van der Waals surface area contributed by atoms with E-state index in [2.05, 4.69) is 58.9 Å². The normalized spacial score (nSPS) is 20.4. The molecule has 0 aliphatic carbocycles. The summed E-state index contributed by atoms with van der Waals surface area (Å²) in [5.74, 6) is 1.40. The molecule has 2 atom stereocenters. The minimum Gasteiger partial charge on any atom is -0.373 e. The number of hydrogen-bond acceptors (Lipinski definition) is 3. The third-order valence-corrected chi connectivity index (χ3v) is 6.66. The van der Waals surface area contributed by atoms with Gasteiger partial charge >= 0.3 is 0 Å². The topological polar surface area (TPSA) is 66.0 Å². The van der Waals surface area contributed by atoms with Gasteiger partial charge in [-0.05, 0) is 42.9 Å². The molecule has 2 aromatic carbocycles. The number of ether oxygens (including phenoxy) is 1. The van der Waals surface area contributed by atoms with E-state index in [1.165, 1.54) is 22.3 Å². The minimum atomic E-state index is 0.118. The van der Waals surface area contributed by atoms with E-state index in [1.54, 1.807) is 7.05 Å². The predicted molar refractivity (Wildman–Crippen MR) is 132 cm³/mol. The summed E-state index contributed by atoms with van der Waals surface area (Å²) in [5, 5.41) is 6.83. The van der Waals surface area contributed by atoms with Crippen molar-refractivity contribution in [3.05, 3.63) is 70.8 Å². The van der Waals surface area contributed by atoms with Gasteiger partial charge in [-0.15, -0.1) is 0 Å². The van der Waals surface area contributed by atoms with Crippen molar-refractivity contribution in [2.45, 2.75) is 51.8 Å². The lowest BCUT2D eigenvalue weighted by Crippen LogP contribution is -2.42. The van der Waals surface area contributed by atoms with Crippen molar-refractivity contribution in [1.82, 2.24) is 15.5 Å². The lowest BCUT2D eigenvalue weighted by atomic mass is 9.89. The van der Waals surface area contributed by atoms with E-state index in [4.69, 9.17) is 4.74 Å². The first-order valence-electron chi connectivity index (χ1n) is 12.1. The highest BCUT2D eigenvalue weighted by atomic mass is 16.5. The molecule has 0 aromatic heterocycles. The van der Waals surface area contributed by atoms with Crippen molar-refractivity contribution in [2.24, 2.45) is 10.9 Å². The largest absolute Gasteiger partial charge is 0.373 e. The molecule has 0 spiro atoms. The van der Waals surface area contributed by atoms with Gasteiger partial charge in [-0.1, -0.05) is 54.1 Å². The van der Waals surface area contributed by atoms with Crippen LogP contribution in [-0.4, -0.2) is 43.5 Å². The van der Waals surface area contributed by atoms with E-state index < -0.39 is 0 Å². The van der Waals surface area contributed by atoms with E-state index in [-0.39, 0.29) is 12.0 Å². The lowest BCUT2D eigenvalue weighted by Gasteiger charge is -2.32. The van der Waals surface area contributed by atoms with Crippen LogP contribution in [0.1, 0.15) is 54.0 Å². The van der Waals surface area contributed by atoms with Gasteiger partial charge in [0, 0.05) is 52.2 Å². The zero-order valence-electron chi connectivity index (χ0n) is 19.8. The lowest BCUT2D eigenvalue weighted by molar-refractivity contribution is -0.131. The van der Waals surface area contributed by atoms with Gasteiger partial charge in [-0.25, -0.2) is 0 Å². The number of nitrogens with one attached hydrogen (secondary N) is 2. The van der Waals surface area contributed by atoms with Crippen LogP contribution in [0.25, 0.3) is 0 Å². The molecular weight excluding hydrogens is 412 g/mol. The Hall–Kier alpha value is -2.86. The summed E-state index contributed by atoms with van der Waals surface area (Å²) in [4.78, 5) is 18.9. The standard InChI is InChI=1S/C27H36N4O2/c1-20-11-13-21(14-12-20)26-22(9-6-16-33-26)17-30-27(28-2)29-15-5-10-25(32)31-18-23-7-3-4-8-24(23)19-31/h3-4,7-8,11-14,22,26H,5-6,9-10,15-19H2,1-2H3,(H2,28,29,30). The maximum absolute atomic E-state index is 12.6. The summed E-state index contributed by atoms with van der Waals surface area (Å²) >= 11 is 0. The molecule has 2 aliphatic heterocycles. The minimum absolute atomic E-state index is 0.118. The molecule has 0 saturated carbocycles. The second-order valence-corrected chi connectivity index (χ2v) is 9.11. The van der Waals surface area contributed by atoms with Gasteiger partial charge < -0.3 is 20.3 Å². The van der Waals surface area contributed by atoms with Crippen LogP contribution in [-0.2, 0) is 22.6 Å². The Morgan fingerprint density at radius 1 is 1.09 bits per heavy atom. The Balaban J connectivity index is 1.19. The van der Waals surface area contributed by atoms with Gasteiger partial charge in [0.1, 0.15) is 0 Å². The van der Waals surface area contributed by atoms with E-state index >= 15 is 0 Å². The van der Waals surface area contributed by atoms with Crippen LogP contribution in [0.4, 0.5) is 0 Å². The van der Waals surface area contributed by atoms with Crippen LogP contribution in [0.5, 0.6) is 0 Å². The van der Waals surface area contributed by atoms with Crippen molar-refractivity contribution < 1.29 is 9.53 Å². The van der Waals surface area contributed by atoms with Crippen LogP contribution >= 0.6 is 0 Å². The fraction of sp³-hybridized carbons (Fsp3) is 0.481. The van der Waals surface area contributed by atoms with E-state index in [9.17, 15) is 4.79 Å². The summed E-state index contributed by atoms with van der Waals surface area (Å²) in [7, 11) is 1.79. The smallest absolute Gasteiger partial charge is 0.223 e. The molecule has 2 aromatic rings. The molecule has 176 valence electrons. The number of hydrogen-bond donors (Lipinski definition) is 2. The van der Waals surface area contributed by atoms with Crippen molar-refractivity contribution in [3.63, 3.8) is 0 Å². The SMILES string of the molecule is CN=C(NCCCC(=O)N1Cc2ccccc2C1)NCC1CCCOC1c1ccc(C)cc1. The number of guanidine groups is 1. The molecule has 1 saturated heterocycles. The van der Waals surface area contributed by atoms with Gasteiger partial charge in [0.05, 0.1) is 6.10 Å². The van der Waals surface area contributed by atoms with Crippen molar-refractivity contribution >= 4 is 11.9 Å². The average molecular weight is 449 g/mol. The van der Waals surface area contributed by atoms with Crippen molar-refractivity contribution in [1.29, 1.82) is 0 Å². The number of carbonyl (C=O) groups excluding carboxylic acids is 1. The molecule has 4 rings (SSSR count). The highest BCUT2D eigenvalue weighted by Crippen LogP contribution is 2.33. The van der Waals surface area contributed by atoms with Crippen LogP contribution in [0.2, 0.25) is 0 Å². The molecule has 1 fully saturated rings. The predicted octanol–water partition coefficient (Wildman–Crippen LogP) is 3.95. The zero-order valence-corrected chi connectivity index (χ0v) is 19.8. The number of aryl methyl sites for hydroxylation is 1. The quantitative estimate of drug-likeness (QED) is 0.382. The van der Waals surface area contributed by atoms with E-state index in [0.717, 1.165) is 58.0 Å². The molecule has 2 aliphatic rings. The van der Waals surface area contributed by atoms with E-state index in [0.29, 0.717) is 12.3 Å². The molecule has 6 nitrogen and oxygen atoms in total. The van der Waals surface area contributed by atoms with Gasteiger partial charge in [-0.2, -0.15) is 0 Å². The summed E-state index contributed by atoms with van der Waals surface area (Å²) in [6.45, 7) is 5.92. The van der Waals surface area contributed by atoms with Gasteiger partial charge in [-0.3, -0.25) is 9.79 Å². The van der Waals surface area contributed by atoms with Crippen molar-refractivity contribution in [3.8, 4) is 0 Å². The molecule has 33 heavy (non-hydrogen) atoms. The zero-order chi connectivity index (χ0) is 23.0. The molecule has 0 bridgehead atoms. The van der Waals surface area contributed by atoms with Gasteiger partial charge in [0.25, 0.3) is 0 Å². The molecule has 2 heterocycles. The Bertz CT molecular complexity index is 932. The molecule has 2 unspecified atom stereocenters. The Labute approximate surface area is 197 Å². The maximum atomic E-state index is 12.6. The summed E-state index contributed by atoms with van der Waals surface area (Å²) in [6.07, 6.45) is 3.67. The first-order valence-corrected chi connectivity index (χ1v) is 12.1. The number of benzene rings is 2. The fourth-order valence-electron chi connectivity index (χ4n) is 4.74. The second-order valence-electron chi connectivity index (χ2n) is 9.11. The molecular formula is C27H36N4O2. The second kappa shape index (κ2) is 11.3. The summed E-state index contributed by atoms with van der Waals surface area (Å²) in [6, 6.07) is 17.0. The first kappa shape index (κ1) is 23.3. The van der Waals surface area contributed by atoms with Crippen molar-refractivity contribution in [2.75, 3.05) is 26.7 Å². The number of carbonyl (C=O) groups is 1. The number of nitrogens with zero attached hydrogens (tertiary/aromatic N) is 2. The van der Waals surface area contributed by atoms with Crippen LogP contribution < -0.4 is 10.6 Å². The number of amides is 1. The Kier molecular flexibility index (Phi) is 8.00. The van der Waals surface area contributed by atoms with Gasteiger partial charge in [0.15, 0.2) is 5.96 Å². The summed E-state index contributed by atoms with van der Waals surface area (Å²) in [5.41, 5.74) is 5.05. The molecule has 6 heteroatoms. The van der Waals surface area contributed by atoms with Crippen LogP contribution in [0.15, 0.2) is 53.5 Å². The fourth-order valence-corrected chi connectivity index (χ4v) is 4.74. The first-order chi connectivity index (χ1) is 16.1. The molecule has 0 radical (unpaired) electrons. The molecule has 1 amide bonds. The maximum Gasteiger partial charge on any atom is 0.223 e. The number of fused-ring (bicyclic) bond motifs is 1. The number of rotatable bonds is 7. The monoisotopic (exact) mass is 448 g/mol. The highest BCUT2D eigenvalue weighted by Gasteiger charge is 2.27. The molecule has 2 N–H and O–H groups in total. The van der Waals surface area contributed by atoms with Crippen LogP contribution in [0, 0.1) is 12.8 Å². The third kappa shape index (κ3) is 6.14. The van der Waals surface area contributed by atoms with Crippen LogP contribution in [0.3, 0.4) is 0 Å².